The predicted molar refractivity (Wildman–Crippen MR) is 64.9 cm³/mol. The Morgan fingerprint density at radius 2 is 2.24 bits per heavy atom. The average molecular weight is 255 g/mol. The zero-order valence-electron chi connectivity index (χ0n) is 9.09. The number of carbonyl (C=O) groups excluding carboxylic acids is 1. The summed E-state index contributed by atoms with van der Waals surface area (Å²) >= 11 is 0. The Morgan fingerprint density at radius 3 is 2.82 bits per heavy atom. The summed E-state index contributed by atoms with van der Waals surface area (Å²) in [6.45, 7) is 3.28. The molecule has 1 aromatic heterocycles. The maximum absolute atomic E-state index is 11.5. The first-order valence-corrected chi connectivity index (χ1v) is 6.50. The number of carbonyl (C=O) groups is 1. The highest BCUT2D eigenvalue weighted by Crippen LogP contribution is 2.03. The number of nitrogens with one attached hydrogen (secondary N) is 2. The normalized spacial score (nSPS) is 10.6. The molecule has 0 atom stereocenters. The molecule has 1 amide bonds. The molecule has 0 unspecified atom stereocenters. The van der Waals surface area contributed by atoms with Crippen molar-refractivity contribution in [3.8, 4) is 0 Å². The van der Waals surface area contributed by atoms with Crippen molar-refractivity contribution in [3.63, 3.8) is 0 Å². The van der Waals surface area contributed by atoms with Crippen LogP contribution in [0.2, 0.25) is 0 Å². The third kappa shape index (κ3) is 5.12. The largest absolute Gasteiger partial charge is 0.351 e. The van der Waals surface area contributed by atoms with Gasteiger partial charge in [0, 0.05) is 12.7 Å². The van der Waals surface area contributed by atoms with Gasteiger partial charge in [-0.2, -0.15) is 0 Å². The molecule has 0 saturated heterocycles. The molecule has 1 heterocycles. The van der Waals surface area contributed by atoms with Crippen LogP contribution >= 0.6 is 0 Å². The molecule has 17 heavy (non-hydrogen) atoms. The van der Waals surface area contributed by atoms with Crippen LogP contribution in [0.15, 0.2) is 37.1 Å². The van der Waals surface area contributed by atoms with E-state index in [1.807, 2.05) is 0 Å². The summed E-state index contributed by atoms with van der Waals surface area (Å²) in [5, 5.41) is 2.38. The number of amides is 1. The number of aromatic nitrogens is 1. The van der Waals surface area contributed by atoms with Crippen LogP contribution in [0.25, 0.3) is 0 Å². The van der Waals surface area contributed by atoms with E-state index in [4.69, 9.17) is 0 Å². The molecular formula is C10H13N3O3S. The van der Waals surface area contributed by atoms with Gasteiger partial charge in [-0.05, 0) is 18.2 Å². The molecule has 0 bridgehead atoms. The summed E-state index contributed by atoms with van der Waals surface area (Å²) in [4.78, 5) is 14.6. The highest BCUT2D eigenvalue weighted by Gasteiger charge is 2.10. The van der Waals surface area contributed by atoms with Crippen molar-refractivity contribution in [2.75, 3.05) is 17.0 Å². The third-order valence-electron chi connectivity index (χ3n) is 1.78. The molecule has 1 aromatic rings. The third-order valence-corrected chi connectivity index (χ3v) is 3.04. The van der Waals surface area contributed by atoms with E-state index in [2.05, 4.69) is 21.6 Å². The summed E-state index contributed by atoms with van der Waals surface area (Å²) in [5.41, 5.74) is 0. The monoisotopic (exact) mass is 255 g/mol. The van der Waals surface area contributed by atoms with Gasteiger partial charge in [-0.25, -0.2) is 13.4 Å². The van der Waals surface area contributed by atoms with E-state index < -0.39 is 15.9 Å². The fraction of sp³-hybridized carbons (Fsp3) is 0.200. The number of hydrogen-bond donors (Lipinski definition) is 2. The van der Waals surface area contributed by atoms with Crippen LogP contribution in [0.4, 0.5) is 5.82 Å². The minimum atomic E-state index is -3.50. The quantitative estimate of drug-likeness (QED) is 0.707. The second-order valence-electron chi connectivity index (χ2n) is 3.13. The molecule has 0 fully saturated rings. The Balaban J connectivity index is 2.47. The SMILES string of the molecule is C=CC(=O)NCCS(=O)(=O)Nc1ccccn1. The molecule has 0 aromatic carbocycles. The first kappa shape index (κ1) is 13.2. The Kier molecular flexibility index (Phi) is 4.65. The Bertz CT molecular complexity index is 485. The first-order chi connectivity index (χ1) is 8.03. The second kappa shape index (κ2) is 6.00. The Hall–Kier alpha value is -1.89. The molecule has 7 heteroatoms. The molecule has 0 aliphatic carbocycles. The molecule has 0 aliphatic rings. The van der Waals surface area contributed by atoms with Crippen molar-refractivity contribution in [1.82, 2.24) is 10.3 Å². The number of nitrogens with zero attached hydrogens (tertiary/aromatic N) is 1. The van der Waals surface area contributed by atoms with Gasteiger partial charge in [0.1, 0.15) is 5.82 Å². The van der Waals surface area contributed by atoms with Gasteiger partial charge in [0.05, 0.1) is 5.75 Å². The van der Waals surface area contributed by atoms with Gasteiger partial charge in [-0.15, -0.1) is 0 Å². The van der Waals surface area contributed by atoms with E-state index in [9.17, 15) is 13.2 Å². The maximum Gasteiger partial charge on any atom is 0.243 e. The van der Waals surface area contributed by atoms with Crippen LogP contribution < -0.4 is 10.0 Å². The summed E-state index contributed by atoms with van der Waals surface area (Å²) in [6, 6.07) is 4.90. The van der Waals surface area contributed by atoms with Gasteiger partial charge < -0.3 is 5.32 Å². The van der Waals surface area contributed by atoms with Gasteiger partial charge in [0.25, 0.3) is 0 Å². The molecule has 92 valence electrons. The smallest absolute Gasteiger partial charge is 0.243 e. The van der Waals surface area contributed by atoms with E-state index in [-0.39, 0.29) is 18.1 Å². The minimum Gasteiger partial charge on any atom is -0.351 e. The molecular weight excluding hydrogens is 242 g/mol. The second-order valence-corrected chi connectivity index (χ2v) is 4.97. The molecule has 6 nitrogen and oxygen atoms in total. The van der Waals surface area contributed by atoms with Crippen LogP contribution in [-0.4, -0.2) is 31.6 Å². The van der Waals surface area contributed by atoms with E-state index in [0.29, 0.717) is 0 Å². The van der Waals surface area contributed by atoms with Crippen LogP contribution in [0, 0.1) is 0 Å². The molecule has 0 radical (unpaired) electrons. The van der Waals surface area contributed by atoms with Crippen molar-refractivity contribution >= 4 is 21.7 Å². The van der Waals surface area contributed by atoms with Crippen molar-refractivity contribution in [3.05, 3.63) is 37.1 Å². The fourth-order valence-corrected chi connectivity index (χ4v) is 1.93. The van der Waals surface area contributed by atoms with E-state index in [1.54, 1.807) is 18.2 Å². The molecule has 1 rings (SSSR count). The van der Waals surface area contributed by atoms with Crippen LogP contribution in [0.3, 0.4) is 0 Å². The number of hydrogen-bond acceptors (Lipinski definition) is 4. The van der Waals surface area contributed by atoms with E-state index in [0.717, 1.165) is 6.08 Å². The molecule has 2 N–H and O–H groups in total. The fourth-order valence-electron chi connectivity index (χ4n) is 1.01. The Morgan fingerprint density at radius 1 is 1.47 bits per heavy atom. The highest BCUT2D eigenvalue weighted by molar-refractivity contribution is 7.92. The lowest BCUT2D eigenvalue weighted by molar-refractivity contribution is -0.116. The molecule has 0 spiro atoms. The number of sulfonamides is 1. The lowest BCUT2D eigenvalue weighted by atomic mass is 10.5. The zero-order chi connectivity index (χ0) is 12.7. The standard InChI is InChI=1S/C10H13N3O3S/c1-2-10(14)12-7-8-17(15,16)13-9-5-3-4-6-11-9/h2-6H,1,7-8H2,(H,11,13)(H,12,14). The zero-order valence-corrected chi connectivity index (χ0v) is 9.90. The van der Waals surface area contributed by atoms with Crippen molar-refractivity contribution in [2.45, 2.75) is 0 Å². The number of rotatable bonds is 6. The number of anilines is 1. The van der Waals surface area contributed by atoms with E-state index in [1.165, 1.54) is 6.20 Å². The topological polar surface area (TPSA) is 88.2 Å². The van der Waals surface area contributed by atoms with Gasteiger partial charge >= 0.3 is 0 Å². The Labute approximate surface area is 99.8 Å². The lowest BCUT2D eigenvalue weighted by Crippen LogP contribution is -2.30. The minimum absolute atomic E-state index is 0.0209. The summed E-state index contributed by atoms with van der Waals surface area (Å²) < 4.78 is 25.4. The van der Waals surface area contributed by atoms with Crippen LogP contribution in [0.5, 0.6) is 0 Å². The van der Waals surface area contributed by atoms with Crippen molar-refractivity contribution < 1.29 is 13.2 Å². The first-order valence-electron chi connectivity index (χ1n) is 4.85. The summed E-state index contributed by atoms with van der Waals surface area (Å²) in [5.74, 6) is -0.371. The lowest BCUT2D eigenvalue weighted by Gasteiger charge is -2.06. The summed E-state index contributed by atoms with van der Waals surface area (Å²) in [6.07, 6.45) is 2.57. The predicted octanol–water partition coefficient (Wildman–Crippen LogP) is 0.125. The van der Waals surface area contributed by atoms with Gasteiger partial charge in [0.2, 0.25) is 15.9 Å². The molecule has 0 saturated carbocycles. The van der Waals surface area contributed by atoms with Gasteiger partial charge in [0.15, 0.2) is 0 Å². The average Bonchev–Trinajstić information content (AvgIpc) is 2.29. The van der Waals surface area contributed by atoms with Gasteiger partial charge in [-0.1, -0.05) is 12.6 Å². The van der Waals surface area contributed by atoms with Gasteiger partial charge in [-0.3, -0.25) is 9.52 Å². The number of pyridine rings is 1. The van der Waals surface area contributed by atoms with Crippen LogP contribution in [0.1, 0.15) is 0 Å². The van der Waals surface area contributed by atoms with E-state index >= 15 is 0 Å². The maximum atomic E-state index is 11.5. The van der Waals surface area contributed by atoms with Crippen LogP contribution in [-0.2, 0) is 14.8 Å². The van der Waals surface area contributed by atoms with Crippen molar-refractivity contribution in [1.29, 1.82) is 0 Å². The highest BCUT2D eigenvalue weighted by atomic mass is 32.2. The molecule has 0 aliphatic heterocycles. The van der Waals surface area contributed by atoms with Crippen molar-refractivity contribution in [2.24, 2.45) is 0 Å². The summed E-state index contributed by atoms with van der Waals surface area (Å²) in [7, 11) is -3.50.